The van der Waals surface area contributed by atoms with Crippen LogP contribution in [0.1, 0.15) is 0 Å². The summed E-state index contributed by atoms with van der Waals surface area (Å²) in [6.45, 7) is 10.6. The molecule has 0 aromatic carbocycles. The average molecular weight is 198 g/mol. The molecule has 1 rings (SSSR count). The van der Waals surface area contributed by atoms with E-state index in [1.54, 1.807) is 4.90 Å². The van der Waals surface area contributed by atoms with Crippen molar-refractivity contribution in [3.63, 3.8) is 0 Å². The van der Waals surface area contributed by atoms with Gasteiger partial charge in [-0.2, -0.15) is 0 Å². The number of nitrogens with zero attached hydrogens (tertiary/aromatic N) is 2. The molecule has 0 bridgehead atoms. The van der Waals surface area contributed by atoms with Crippen molar-refractivity contribution in [1.82, 2.24) is 9.80 Å². The van der Waals surface area contributed by atoms with Crippen molar-refractivity contribution >= 4 is 5.91 Å². The molecule has 2 radical (unpaired) electrons. The second kappa shape index (κ2) is 5.32. The first-order valence-corrected chi connectivity index (χ1v) is 4.90. The fourth-order valence-corrected chi connectivity index (χ4v) is 1.57. The number of amides is 1. The zero-order valence-corrected chi connectivity index (χ0v) is 8.48. The molecule has 1 saturated heterocycles. The lowest BCUT2D eigenvalue weighted by molar-refractivity contribution is -0.133. The van der Waals surface area contributed by atoms with Gasteiger partial charge in [-0.05, 0) is 13.8 Å². The Morgan fingerprint density at radius 3 is 2.43 bits per heavy atom. The van der Waals surface area contributed by atoms with Crippen LogP contribution in [-0.4, -0.2) is 60.1 Å². The predicted octanol–water partition coefficient (Wildman–Crippen LogP) is -0.593. The Bertz CT molecular complexity index is 187. The van der Waals surface area contributed by atoms with Crippen LogP contribution in [0.15, 0.2) is 0 Å². The van der Waals surface area contributed by atoms with E-state index in [1.165, 1.54) is 0 Å². The number of aliphatic hydroxyl groups excluding tert-OH is 1. The number of rotatable bonds is 5. The minimum Gasteiger partial charge on any atom is -0.396 e. The topological polar surface area (TPSA) is 43.8 Å². The van der Waals surface area contributed by atoms with E-state index in [9.17, 15) is 4.79 Å². The van der Waals surface area contributed by atoms with Gasteiger partial charge in [0.05, 0.1) is 6.54 Å². The van der Waals surface area contributed by atoms with Gasteiger partial charge in [0.25, 0.3) is 0 Å². The number of hydrogen-bond acceptors (Lipinski definition) is 3. The molecular weight excluding hydrogens is 180 g/mol. The quantitative estimate of drug-likeness (QED) is 0.642. The van der Waals surface area contributed by atoms with Crippen LogP contribution in [-0.2, 0) is 4.79 Å². The first-order valence-electron chi connectivity index (χ1n) is 4.90. The third-order valence-corrected chi connectivity index (χ3v) is 2.54. The molecule has 4 nitrogen and oxygen atoms in total. The highest BCUT2D eigenvalue weighted by atomic mass is 16.3. The molecule has 0 aromatic heterocycles. The molecule has 1 heterocycles. The number of aliphatic hydroxyl groups is 1. The van der Waals surface area contributed by atoms with Gasteiger partial charge in [0.2, 0.25) is 5.91 Å². The van der Waals surface area contributed by atoms with E-state index in [0.717, 1.165) is 13.1 Å². The minimum absolute atomic E-state index is 0.0754. The van der Waals surface area contributed by atoms with Crippen LogP contribution >= 0.6 is 0 Å². The van der Waals surface area contributed by atoms with Gasteiger partial charge < -0.3 is 10.0 Å². The van der Waals surface area contributed by atoms with E-state index in [1.807, 2.05) is 4.90 Å². The third-order valence-electron chi connectivity index (χ3n) is 2.54. The molecule has 80 valence electrons. The van der Waals surface area contributed by atoms with Crippen LogP contribution in [0.2, 0.25) is 0 Å². The molecule has 1 fully saturated rings. The molecule has 0 aromatic rings. The van der Waals surface area contributed by atoms with Crippen LogP contribution in [0.5, 0.6) is 0 Å². The molecule has 0 atom stereocenters. The summed E-state index contributed by atoms with van der Waals surface area (Å²) in [5.74, 6) is 0.433. The van der Waals surface area contributed by atoms with Crippen LogP contribution in [0.4, 0.5) is 0 Å². The standard InChI is InChI=1S/C10H18N2O2/c1-3-12(4-2)10(14)7-11-5-9(6-11)8-13/h9,13H,1-8H2. The van der Waals surface area contributed by atoms with Gasteiger partial charge in [-0.1, -0.05) is 0 Å². The van der Waals surface area contributed by atoms with Crippen molar-refractivity contribution in [3.05, 3.63) is 13.8 Å². The van der Waals surface area contributed by atoms with Crippen molar-refractivity contribution < 1.29 is 9.90 Å². The van der Waals surface area contributed by atoms with Gasteiger partial charge in [0.1, 0.15) is 0 Å². The molecule has 1 aliphatic heterocycles. The highest BCUT2D eigenvalue weighted by molar-refractivity contribution is 5.78. The minimum atomic E-state index is 0.0754. The Labute approximate surface area is 85.5 Å². The smallest absolute Gasteiger partial charge is 0.236 e. The fraction of sp³-hybridized carbons (Fsp3) is 0.700. The van der Waals surface area contributed by atoms with Crippen molar-refractivity contribution in [2.45, 2.75) is 0 Å². The molecule has 1 aliphatic rings. The van der Waals surface area contributed by atoms with Gasteiger partial charge in [-0.15, -0.1) is 0 Å². The maximum absolute atomic E-state index is 11.5. The van der Waals surface area contributed by atoms with Gasteiger partial charge >= 0.3 is 0 Å². The van der Waals surface area contributed by atoms with Gasteiger partial charge in [-0.25, -0.2) is 0 Å². The van der Waals surface area contributed by atoms with Crippen LogP contribution < -0.4 is 0 Å². The molecule has 0 spiro atoms. The Kier molecular flexibility index (Phi) is 4.35. The summed E-state index contributed by atoms with van der Waals surface area (Å²) in [6, 6.07) is 0. The normalized spacial score (nSPS) is 17.9. The van der Waals surface area contributed by atoms with E-state index in [0.29, 0.717) is 25.6 Å². The highest BCUT2D eigenvalue weighted by Gasteiger charge is 2.28. The largest absolute Gasteiger partial charge is 0.396 e. The van der Waals surface area contributed by atoms with E-state index in [2.05, 4.69) is 13.8 Å². The van der Waals surface area contributed by atoms with E-state index in [4.69, 9.17) is 5.11 Å². The molecule has 0 unspecified atom stereocenters. The SMILES string of the molecule is [CH2]CN(C[CH2])C(=O)CN1CC(CO)C1. The zero-order chi connectivity index (χ0) is 10.6. The lowest BCUT2D eigenvalue weighted by Gasteiger charge is -2.38. The molecule has 1 amide bonds. The van der Waals surface area contributed by atoms with Crippen LogP contribution in [0.25, 0.3) is 0 Å². The van der Waals surface area contributed by atoms with Crippen molar-refractivity contribution in [3.8, 4) is 0 Å². The summed E-state index contributed by atoms with van der Waals surface area (Å²) in [4.78, 5) is 15.2. The lowest BCUT2D eigenvalue weighted by atomic mass is 10.0. The number of likely N-dealkylation sites (tertiary alicyclic amines) is 1. The number of carbonyl (C=O) groups excluding carboxylic acids is 1. The summed E-state index contributed by atoms with van der Waals surface area (Å²) in [5.41, 5.74) is 0. The summed E-state index contributed by atoms with van der Waals surface area (Å²) >= 11 is 0. The summed E-state index contributed by atoms with van der Waals surface area (Å²) in [7, 11) is 0. The molecule has 14 heavy (non-hydrogen) atoms. The summed E-state index contributed by atoms with van der Waals surface area (Å²) < 4.78 is 0. The van der Waals surface area contributed by atoms with Crippen molar-refractivity contribution in [1.29, 1.82) is 0 Å². The second-order valence-corrected chi connectivity index (χ2v) is 3.62. The third kappa shape index (κ3) is 2.69. The Morgan fingerprint density at radius 2 is 2.00 bits per heavy atom. The van der Waals surface area contributed by atoms with E-state index < -0.39 is 0 Å². The average Bonchev–Trinajstić information content (AvgIpc) is 2.12. The predicted molar refractivity (Wildman–Crippen MR) is 54.3 cm³/mol. The monoisotopic (exact) mass is 198 g/mol. The molecular formula is C10H18N2O2. The van der Waals surface area contributed by atoms with E-state index >= 15 is 0 Å². The first-order chi connectivity index (χ1) is 6.71. The zero-order valence-electron chi connectivity index (χ0n) is 8.48. The maximum Gasteiger partial charge on any atom is 0.236 e. The van der Waals surface area contributed by atoms with Gasteiger partial charge in [-0.3, -0.25) is 9.69 Å². The second-order valence-electron chi connectivity index (χ2n) is 3.62. The van der Waals surface area contributed by atoms with Crippen LogP contribution in [0.3, 0.4) is 0 Å². The van der Waals surface area contributed by atoms with Gasteiger partial charge in [0.15, 0.2) is 0 Å². The molecule has 1 N–H and O–H groups in total. The van der Waals surface area contributed by atoms with Crippen molar-refractivity contribution in [2.24, 2.45) is 5.92 Å². The molecule has 0 saturated carbocycles. The Hall–Kier alpha value is -0.610. The van der Waals surface area contributed by atoms with Crippen molar-refractivity contribution in [2.75, 3.05) is 39.3 Å². The highest BCUT2D eigenvalue weighted by Crippen LogP contribution is 2.13. The molecule has 4 heteroatoms. The lowest BCUT2D eigenvalue weighted by Crippen LogP contribution is -2.52. The molecule has 0 aliphatic carbocycles. The van der Waals surface area contributed by atoms with E-state index in [-0.39, 0.29) is 12.5 Å². The Balaban J connectivity index is 2.21. The maximum atomic E-state index is 11.5. The summed E-state index contributed by atoms with van der Waals surface area (Å²) in [6.07, 6.45) is 0. The first kappa shape index (κ1) is 11.5. The summed E-state index contributed by atoms with van der Waals surface area (Å²) in [5, 5.41) is 8.80. The van der Waals surface area contributed by atoms with Gasteiger partial charge in [0, 0.05) is 38.7 Å². The number of carbonyl (C=O) groups is 1. The number of hydrogen-bond donors (Lipinski definition) is 1. The fourth-order valence-electron chi connectivity index (χ4n) is 1.57. The van der Waals surface area contributed by atoms with Crippen LogP contribution in [0, 0.1) is 19.8 Å². The Morgan fingerprint density at radius 1 is 1.43 bits per heavy atom.